The summed E-state index contributed by atoms with van der Waals surface area (Å²) >= 11 is 0. The highest BCUT2D eigenvalue weighted by molar-refractivity contribution is 7.92. The largest absolute Gasteiger partial charge is 0.284 e. The number of hydrogen-bond donors (Lipinski definition) is 1. The van der Waals surface area contributed by atoms with Crippen LogP contribution in [0.4, 0.5) is 5.69 Å². The van der Waals surface area contributed by atoms with Gasteiger partial charge in [-0.3, -0.25) is 4.72 Å². The van der Waals surface area contributed by atoms with Crippen molar-refractivity contribution >= 4 is 25.5 Å². The van der Waals surface area contributed by atoms with Crippen LogP contribution in [0.25, 0.3) is 0 Å². The van der Waals surface area contributed by atoms with E-state index in [1.165, 1.54) is 0 Å². The summed E-state index contributed by atoms with van der Waals surface area (Å²) in [6, 6.07) is 13.0. The zero-order chi connectivity index (χ0) is 16.4. The van der Waals surface area contributed by atoms with Gasteiger partial charge in [-0.05, 0) is 36.8 Å². The lowest BCUT2D eigenvalue weighted by molar-refractivity contribution is 0.595. The topological polar surface area (TPSA) is 80.3 Å². The molecule has 2 aromatic carbocycles. The predicted molar refractivity (Wildman–Crippen MR) is 87.0 cm³/mol. The van der Waals surface area contributed by atoms with Crippen LogP contribution in [0.1, 0.15) is 11.1 Å². The normalized spacial score (nSPS) is 12.1. The van der Waals surface area contributed by atoms with Crippen molar-refractivity contribution < 1.29 is 16.8 Å². The zero-order valence-electron chi connectivity index (χ0n) is 12.3. The van der Waals surface area contributed by atoms with Gasteiger partial charge in [0, 0.05) is 5.69 Å². The van der Waals surface area contributed by atoms with Gasteiger partial charge in [0.1, 0.15) is 0 Å². The number of sulfone groups is 1. The number of hydrogen-bond acceptors (Lipinski definition) is 4. The predicted octanol–water partition coefficient (Wildman–Crippen LogP) is 2.34. The highest BCUT2D eigenvalue weighted by Crippen LogP contribution is 2.18. The van der Waals surface area contributed by atoms with E-state index < -0.39 is 19.9 Å². The third-order valence-corrected chi connectivity index (χ3v) is 5.30. The molecule has 0 fully saturated rings. The van der Waals surface area contributed by atoms with Crippen molar-refractivity contribution in [3.63, 3.8) is 0 Å². The minimum Gasteiger partial charge on any atom is -0.284 e. The lowest BCUT2D eigenvalue weighted by Crippen LogP contribution is -2.09. The maximum Gasteiger partial charge on any atom is 0.229 e. The number of rotatable bonds is 5. The summed E-state index contributed by atoms with van der Waals surface area (Å²) in [6.07, 6.45) is 1.06. The molecule has 0 aromatic heterocycles. The summed E-state index contributed by atoms with van der Waals surface area (Å²) in [7, 11) is -6.76. The van der Waals surface area contributed by atoms with Crippen molar-refractivity contribution in [3.8, 4) is 0 Å². The van der Waals surface area contributed by atoms with Crippen LogP contribution in [0.5, 0.6) is 0 Å². The molecule has 118 valence electrons. The second-order valence-electron chi connectivity index (χ2n) is 5.14. The Balaban J connectivity index is 2.18. The minimum absolute atomic E-state index is 0.130. The van der Waals surface area contributed by atoms with Crippen LogP contribution in [0, 0.1) is 6.92 Å². The molecule has 22 heavy (non-hydrogen) atoms. The van der Waals surface area contributed by atoms with Gasteiger partial charge in [0.05, 0.1) is 16.9 Å². The van der Waals surface area contributed by atoms with Crippen molar-refractivity contribution in [2.45, 2.75) is 17.6 Å². The molecule has 0 unspecified atom stereocenters. The monoisotopic (exact) mass is 339 g/mol. The summed E-state index contributed by atoms with van der Waals surface area (Å²) in [6.45, 7) is 1.89. The fourth-order valence-corrected chi connectivity index (χ4v) is 3.84. The zero-order valence-corrected chi connectivity index (χ0v) is 13.9. The molecule has 7 heteroatoms. The molecule has 5 nitrogen and oxygen atoms in total. The van der Waals surface area contributed by atoms with Crippen molar-refractivity contribution in [1.29, 1.82) is 0 Å². The van der Waals surface area contributed by atoms with Crippen LogP contribution in [0.3, 0.4) is 0 Å². The molecule has 0 radical (unpaired) electrons. The van der Waals surface area contributed by atoms with Crippen molar-refractivity contribution in [2.24, 2.45) is 0 Å². The molecule has 0 aliphatic rings. The van der Waals surface area contributed by atoms with Gasteiger partial charge in [0.2, 0.25) is 10.0 Å². The standard InChI is InChI=1S/C15H17NO4S2/c1-12-3-9-15(10-4-12)22(19,20)11-13-5-7-14(8-6-13)16-21(2,17)18/h3-10,16H,11H2,1-2H3. The van der Waals surface area contributed by atoms with E-state index in [0.717, 1.165) is 11.8 Å². The first-order chi connectivity index (χ1) is 10.2. The Kier molecular flexibility index (Phi) is 4.58. The lowest BCUT2D eigenvalue weighted by Gasteiger charge is -2.07. The van der Waals surface area contributed by atoms with Crippen LogP contribution < -0.4 is 4.72 Å². The average molecular weight is 339 g/mol. The molecule has 1 N–H and O–H groups in total. The Hall–Kier alpha value is -1.86. The Morgan fingerprint density at radius 3 is 1.91 bits per heavy atom. The van der Waals surface area contributed by atoms with Gasteiger partial charge in [-0.1, -0.05) is 29.8 Å². The van der Waals surface area contributed by atoms with Crippen LogP contribution in [0.2, 0.25) is 0 Å². The van der Waals surface area contributed by atoms with E-state index in [1.807, 2.05) is 6.92 Å². The van der Waals surface area contributed by atoms with E-state index in [9.17, 15) is 16.8 Å². The van der Waals surface area contributed by atoms with Crippen molar-refractivity contribution in [1.82, 2.24) is 0 Å². The molecule has 0 aliphatic carbocycles. The Labute approximate surface area is 131 Å². The van der Waals surface area contributed by atoms with E-state index in [0.29, 0.717) is 11.3 Å². The van der Waals surface area contributed by atoms with E-state index in [4.69, 9.17) is 0 Å². The number of nitrogens with one attached hydrogen (secondary N) is 1. The molecule has 0 spiro atoms. The smallest absolute Gasteiger partial charge is 0.229 e. The first-order valence-electron chi connectivity index (χ1n) is 6.52. The van der Waals surface area contributed by atoms with Gasteiger partial charge < -0.3 is 0 Å². The number of aryl methyl sites for hydroxylation is 1. The van der Waals surface area contributed by atoms with Crippen LogP contribution in [-0.4, -0.2) is 23.1 Å². The summed E-state index contributed by atoms with van der Waals surface area (Å²) in [5.74, 6) is -0.130. The van der Waals surface area contributed by atoms with E-state index in [2.05, 4.69) is 4.72 Å². The first-order valence-corrected chi connectivity index (χ1v) is 10.1. The molecule has 0 atom stereocenters. The third-order valence-electron chi connectivity index (χ3n) is 2.99. The fraction of sp³-hybridized carbons (Fsp3) is 0.200. The molecule has 0 saturated heterocycles. The van der Waals surface area contributed by atoms with Gasteiger partial charge in [-0.25, -0.2) is 16.8 Å². The summed E-state index contributed by atoms with van der Waals surface area (Å²) in [4.78, 5) is 0.274. The van der Waals surface area contributed by atoms with Gasteiger partial charge in [0.15, 0.2) is 9.84 Å². The second kappa shape index (κ2) is 6.10. The van der Waals surface area contributed by atoms with Gasteiger partial charge in [0.25, 0.3) is 0 Å². The maximum atomic E-state index is 12.3. The average Bonchev–Trinajstić information content (AvgIpc) is 2.39. The Bertz CT molecular complexity index is 853. The maximum absolute atomic E-state index is 12.3. The van der Waals surface area contributed by atoms with Gasteiger partial charge in [-0.2, -0.15) is 0 Å². The Morgan fingerprint density at radius 1 is 0.864 bits per heavy atom. The molecule has 0 amide bonds. The Morgan fingerprint density at radius 2 is 1.41 bits per heavy atom. The van der Waals surface area contributed by atoms with Crippen molar-refractivity contribution in [3.05, 3.63) is 59.7 Å². The van der Waals surface area contributed by atoms with Gasteiger partial charge >= 0.3 is 0 Å². The second-order valence-corrected chi connectivity index (χ2v) is 8.88. The van der Waals surface area contributed by atoms with Crippen LogP contribution in [-0.2, 0) is 25.6 Å². The molecule has 0 aliphatic heterocycles. The van der Waals surface area contributed by atoms with E-state index in [-0.39, 0.29) is 10.6 Å². The summed E-state index contributed by atoms with van der Waals surface area (Å²) in [5.41, 5.74) is 1.99. The lowest BCUT2D eigenvalue weighted by atomic mass is 10.2. The summed E-state index contributed by atoms with van der Waals surface area (Å²) < 4.78 is 49.2. The molecular formula is C15H17NO4S2. The molecule has 0 saturated carbocycles. The van der Waals surface area contributed by atoms with Crippen molar-refractivity contribution in [2.75, 3.05) is 11.0 Å². The van der Waals surface area contributed by atoms with Crippen LogP contribution in [0.15, 0.2) is 53.4 Å². The van der Waals surface area contributed by atoms with Gasteiger partial charge in [-0.15, -0.1) is 0 Å². The fourth-order valence-electron chi connectivity index (χ4n) is 1.93. The quantitative estimate of drug-likeness (QED) is 0.907. The first kappa shape index (κ1) is 16.5. The molecule has 2 aromatic rings. The SMILES string of the molecule is Cc1ccc(S(=O)(=O)Cc2ccc(NS(C)(=O)=O)cc2)cc1. The number of sulfonamides is 1. The highest BCUT2D eigenvalue weighted by Gasteiger charge is 2.15. The number of anilines is 1. The molecule has 0 bridgehead atoms. The minimum atomic E-state index is -3.42. The van der Waals surface area contributed by atoms with E-state index >= 15 is 0 Å². The third kappa shape index (κ3) is 4.57. The van der Waals surface area contributed by atoms with Crippen LogP contribution >= 0.6 is 0 Å². The molecule has 2 rings (SSSR count). The molecule has 0 heterocycles. The van der Waals surface area contributed by atoms with E-state index in [1.54, 1.807) is 48.5 Å². The molecular weight excluding hydrogens is 322 g/mol. The highest BCUT2D eigenvalue weighted by atomic mass is 32.2. The summed E-state index contributed by atoms with van der Waals surface area (Å²) in [5, 5.41) is 0. The number of benzene rings is 2.